The molecule has 0 fully saturated rings. The molecule has 0 radical (unpaired) electrons. The number of carbonyl (C=O) groups excluding carboxylic acids is 3. The molecular weight excluding hydrogens is 383 g/mol. The minimum absolute atomic E-state index is 0.165. The lowest BCUT2D eigenvalue weighted by Gasteiger charge is -2.23. The van der Waals surface area contributed by atoms with Crippen LogP contribution in [0.4, 0.5) is 15.8 Å². The molecular formula is C20H19FN2O4S. The van der Waals surface area contributed by atoms with Crippen molar-refractivity contribution in [2.75, 3.05) is 10.6 Å². The summed E-state index contributed by atoms with van der Waals surface area (Å²) in [5.74, 6) is -1.97. The number of carbonyl (C=O) groups is 3. The Hall–Kier alpha value is -2.87. The Kier molecular flexibility index (Phi) is 5.99. The van der Waals surface area contributed by atoms with Gasteiger partial charge in [-0.25, -0.2) is 4.39 Å². The van der Waals surface area contributed by atoms with Gasteiger partial charge in [-0.1, -0.05) is 18.2 Å². The van der Waals surface area contributed by atoms with Gasteiger partial charge in [0, 0.05) is 10.6 Å². The maximum atomic E-state index is 13.6. The van der Waals surface area contributed by atoms with Gasteiger partial charge in [-0.15, -0.1) is 11.8 Å². The molecule has 2 aromatic rings. The largest absolute Gasteiger partial charge is 0.452 e. The lowest BCUT2D eigenvalue weighted by Crippen LogP contribution is -2.34. The zero-order valence-corrected chi connectivity index (χ0v) is 16.1. The molecule has 1 heterocycles. The molecule has 6 nitrogen and oxygen atoms in total. The van der Waals surface area contributed by atoms with Gasteiger partial charge in [0.1, 0.15) is 5.82 Å². The van der Waals surface area contributed by atoms with Crippen molar-refractivity contribution in [2.24, 2.45) is 0 Å². The van der Waals surface area contributed by atoms with Crippen LogP contribution in [0.1, 0.15) is 18.9 Å². The van der Waals surface area contributed by atoms with E-state index in [-0.39, 0.29) is 18.0 Å². The molecule has 0 bridgehead atoms. The van der Waals surface area contributed by atoms with E-state index in [9.17, 15) is 18.8 Å². The van der Waals surface area contributed by atoms with Crippen molar-refractivity contribution in [3.05, 3.63) is 53.8 Å². The van der Waals surface area contributed by atoms with Crippen LogP contribution in [-0.2, 0) is 19.1 Å². The van der Waals surface area contributed by atoms with Crippen molar-refractivity contribution in [2.45, 2.75) is 36.5 Å². The van der Waals surface area contributed by atoms with E-state index in [0.717, 1.165) is 4.90 Å². The van der Waals surface area contributed by atoms with Crippen molar-refractivity contribution in [1.29, 1.82) is 0 Å². The third-order valence-electron chi connectivity index (χ3n) is 4.18. The van der Waals surface area contributed by atoms with Crippen LogP contribution >= 0.6 is 11.8 Å². The third-order valence-corrected chi connectivity index (χ3v) is 5.45. The quantitative estimate of drug-likeness (QED) is 0.748. The Bertz CT molecular complexity index is 934. The smallest absolute Gasteiger partial charge is 0.308 e. The van der Waals surface area contributed by atoms with Gasteiger partial charge in [-0.3, -0.25) is 14.4 Å². The molecule has 146 valence electrons. The van der Waals surface area contributed by atoms with Crippen molar-refractivity contribution < 1.29 is 23.5 Å². The summed E-state index contributed by atoms with van der Waals surface area (Å²) < 4.78 is 18.7. The second-order valence-corrected chi connectivity index (χ2v) is 7.63. The molecule has 2 atom stereocenters. The number of rotatable bonds is 5. The molecule has 2 amide bonds. The molecule has 0 saturated carbocycles. The first kappa shape index (κ1) is 19.9. The second-order valence-electron chi connectivity index (χ2n) is 6.38. The van der Waals surface area contributed by atoms with E-state index in [2.05, 4.69) is 10.6 Å². The van der Waals surface area contributed by atoms with Gasteiger partial charge < -0.3 is 15.4 Å². The third kappa shape index (κ3) is 4.69. The highest BCUT2D eigenvalue weighted by Crippen LogP contribution is 2.36. The molecule has 0 aromatic heterocycles. The number of amides is 2. The van der Waals surface area contributed by atoms with Crippen LogP contribution in [0.15, 0.2) is 47.4 Å². The Morgan fingerprint density at radius 2 is 2.04 bits per heavy atom. The van der Waals surface area contributed by atoms with Crippen LogP contribution in [0.3, 0.4) is 0 Å². The number of fused-ring (bicyclic) bond motifs is 1. The van der Waals surface area contributed by atoms with E-state index in [4.69, 9.17) is 4.74 Å². The van der Waals surface area contributed by atoms with Crippen LogP contribution < -0.4 is 10.6 Å². The zero-order chi connectivity index (χ0) is 20.3. The number of ether oxygens (including phenoxy) is 1. The molecule has 0 unspecified atom stereocenters. The van der Waals surface area contributed by atoms with Gasteiger partial charge in [0.05, 0.1) is 17.4 Å². The molecule has 2 N–H and O–H groups in total. The predicted octanol–water partition coefficient (Wildman–Crippen LogP) is 3.51. The normalized spacial score (nSPS) is 16.5. The molecule has 2 aromatic carbocycles. The summed E-state index contributed by atoms with van der Waals surface area (Å²) in [6.45, 7) is 3.03. The van der Waals surface area contributed by atoms with Crippen LogP contribution in [0, 0.1) is 12.7 Å². The molecule has 1 aliphatic rings. The van der Waals surface area contributed by atoms with E-state index in [1.807, 2.05) is 18.2 Å². The number of hydrogen-bond donors (Lipinski definition) is 2. The molecule has 1 aliphatic heterocycles. The number of hydrogen-bond acceptors (Lipinski definition) is 5. The van der Waals surface area contributed by atoms with Crippen LogP contribution in [0.5, 0.6) is 0 Å². The van der Waals surface area contributed by atoms with E-state index < -0.39 is 29.0 Å². The summed E-state index contributed by atoms with van der Waals surface area (Å²) in [6, 6.07) is 11.6. The SMILES string of the molecule is Cc1ccc(NC(=O)[C@H](C)OC(=O)C[C@H]2Sc3ccccc3NC2=O)cc1F. The van der Waals surface area contributed by atoms with Gasteiger partial charge in [0.15, 0.2) is 6.10 Å². The number of benzene rings is 2. The lowest BCUT2D eigenvalue weighted by atomic mass is 10.2. The van der Waals surface area contributed by atoms with Crippen molar-refractivity contribution in [3.8, 4) is 0 Å². The number of halogens is 1. The average Bonchev–Trinajstić information content (AvgIpc) is 2.65. The van der Waals surface area contributed by atoms with Crippen LogP contribution in [0.25, 0.3) is 0 Å². The minimum Gasteiger partial charge on any atom is -0.452 e. The summed E-state index contributed by atoms with van der Waals surface area (Å²) in [4.78, 5) is 37.4. The molecule has 0 aliphatic carbocycles. The van der Waals surface area contributed by atoms with Crippen LogP contribution in [0.2, 0.25) is 0 Å². The topological polar surface area (TPSA) is 84.5 Å². The standard InChI is InChI=1S/C20H19FN2O4S/c1-11-7-8-13(9-14(11)21)22-19(25)12(2)27-18(24)10-17-20(26)23-15-5-3-4-6-16(15)28-17/h3-9,12,17H,10H2,1-2H3,(H,22,25)(H,23,26)/t12-,17+/m0/s1. The first-order valence-corrected chi connectivity index (χ1v) is 9.54. The zero-order valence-electron chi connectivity index (χ0n) is 15.3. The van der Waals surface area contributed by atoms with Gasteiger partial charge >= 0.3 is 5.97 Å². The van der Waals surface area contributed by atoms with Crippen molar-refractivity contribution in [1.82, 2.24) is 0 Å². The number of anilines is 2. The fourth-order valence-electron chi connectivity index (χ4n) is 2.59. The fraction of sp³-hybridized carbons (Fsp3) is 0.250. The predicted molar refractivity (Wildman–Crippen MR) is 105 cm³/mol. The summed E-state index contributed by atoms with van der Waals surface area (Å²) in [6.07, 6.45) is -1.25. The molecule has 0 spiro atoms. The van der Waals surface area contributed by atoms with Crippen LogP contribution in [-0.4, -0.2) is 29.1 Å². The number of para-hydroxylation sites is 1. The molecule has 8 heteroatoms. The highest BCUT2D eigenvalue weighted by molar-refractivity contribution is 8.01. The Labute approximate surface area is 165 Å². The summed E-state index contributed by atoms with van der Waals surface area (Å²) >= 11 is 1.28. The Morgan fingerprint density at radius 1 is 1.29 bits per heavy atom. The fourth-order valence-corrected chi connectivity index (χ4v) is 3.69. The van der Waals surface area contributed by atoms with Crippen molar-refractivity contribution in [3.63, 3.8) is 0 Å². The van der Waals surface area contributed by atoms with Crippen molar-refractivity contribution >= 4 is 40.9 Å². The number of aryl methyl sites for hydroxylation is 1. The summed E-state index contributed by atoms with van der Waals surface area (Å²) in [5.41, 5.74) is 1.44. The summed E-state index contributed by atoms with van der Waals surface area (Å²) in [5, 5.41) is 4.62. The minimum atomic E-state index is -1.08. The summed E-state index contributed by atoms with van der Waals surface area (Å²) in [7, 11) is 0. The number of nitrogens with one attached hydrogen (secondary N) is 2. The first-order valence-electron chi connectivity index (χ1n) is 8.66. The maximum absolute atomic E-state index is 13.6. The lowest BCUT2D eigenvalue weighted by molar-refractivity contribution is -0.153. The monoisotopic (exact) mass is 402 g/mol. The Balaban J connectivity index is 1.54. The average molecular weight is 402 g/mol. The molecule has 3 rings (SSSR count). The van der Waals surface area contributed by atoms with Gasteiger partial charge in [0.25, 0.3) is 5.91 Å². The highest BCUT2D eigenvalue weighted by Gasteiger charge is 2.30. The van der Waals surface area contributed by atoms with E-state index in [1.165, 1.54) is 24.8 Å². The van der Waals surface area contributed by atoms with Gasteiger partial charge in [-0.2, -0.15) is 0 Å². The van der Waals surface area contributed by atoms with E-state index in [1.54, 1.807) is 25.1 Å². The molecule has 0 saturated heterocycles. The first-order chi connectivity index (χ1) is 13.3. The second kappa shape index (κ2) is 8.43. The van der Waals surface area contributed by atoms with E-state index >= 15 is 0 Å². The molecule has 28 heavy (non-hydrogen) atoms. The Morgan fingerprint density at radius 3 is 2.79 bits per heavy atom. The maximum Gasteiger partial charge on any atom is 0.308 e. The number of esters is 1. The number of thioether (sulfide) groups is 1. The van der Waals surface area contributed by atoms with Gasteiger partial charge in [0.2, 0.25) is 5.91 Å². The van der Waals surface area contributed by atoms with Gasteiger partial charge in [-0.05, 0) is 43.7 Å². The van der Waals surface area contributed by atoms with E-state index in [0.29, 0.717) is 11.3 Å². The highest BCUT2D eigenvalue weighted by atomic mass is 32.2.